The van der Waals surface area contributed by atoms with Crippen molar-refractivity contribution in [3.63, 3.8) is 0 Å². The molecule has 6 nitrogen and oxygen atoms in total. The van der Waals surface area contributed by atoms with Crippen LogP contribution in [-0.4, -0.2) is 32.9 Å². The molecule has 3 rings (SSSR count). The third-order valence-corrected chi connectivity index (χ3v) is 3.07. The molecule has 6 heteroatoms. The Morgan fingerprint density at radius 1 is 1.37 bits per heavy atom. The Morgan fingerprint density at radius 2 is 2.26 bits per heavy atom. The van der Waals surface area contributed by atoms with E-state index in [1.807, 2.05) is 0 Å². The van der Waals surface area contributed by atoms with Gasteiger partial charge in [0.2, 0.25) is 5.88 Å². The maximum Gasteiger partial charge on any atom is 0.260 e. The molecule has 0 bridgehead atoms. The number of carbonyl (C=O) groups excluding carboxylic acids is 1. The minimum atomic E-state index is -0.108. The van der Waals surface area contributed by atoms with Crippen molar-refractivity contribution in [3.8, 4) is 5.88 Å². The van der Waals surface area contributed by atoms with E-state index in [2.05, 4.69) is 15.0 Å². The Labute approximate surface area is 110 Å². The smallest absolute Gasteiger partial charge is 0.260 e. The maximum atomic E-state index is 12.5. The largest absolute Gasteiger partial charge is 0.480 e. The normalized spacial score (nSPS) is 13.2. The molecule has 0 fully saturated rings. The number of hydrogen-bond acceptors (Lipinski definition) is 5. The second-order valence-corrected chi connectivity index (χ2v) is 4.22. The molecule has 2 aromatic rings. The van der Waals surface area contributed by atoms with Crippen LogP contribution in [0.4, 0.5) is 0 Å². The molecule has 0 unspecified atom stereocenters. The van der Waals surface area contributed by atoms with Gasteiger partial charge in [-0.25, -0.2) is 15.0 Å². The number of amides is 1. The molecule has 1 amide bonds. The van der Waals surface area contributed by atoms with Gasteiger partial charge in [-0.3, -0.25) is 4.79 Å². The molecule has 2 aromatic heterocycles. The van der Waals surface area contributed by atoms with Crippen LogP contribution < -0.4 is 4.74 Å². The van der Waals surface area contributed by atoms with Gasteiger partial charge in [0.15, 0.2) is 0 Å². The monoisotopic (exact) mass is 256 g/mol. The summed E-state index contributed by atoms with van der Waals surface area (Å²) < 4.78 is 5.12. The van der Waals surface area contributed by atoms with Crippen LogP contribution in [0.1, 0.15) is 21.6 Å². The number of fused-ring (bicyclic) bond motifs is 1. The molecule has 0 N–H and O–H groups in total. The van der Waals surface area contributed by atoms with Crippen LogP contribution in [0.15, 0.2) is 30.9 Å². The molecule has 96 valence electrons. The number of nitrogens with zero attached hydrogens (tertiary/aromatic N) is 4. The summed E-state index contributed by atoms with van der Waals surface area (Å²) in [5.74, 6) is 0.234. The molecule has 0 saturated heterocycles. The molecule has 19 heavy (non-hydrogen) atoms. The van der Waals surface area contributed by atoms with E-state index in [0.29, 0.717) is 24.5 Å². The molecule has 1 aliphatic heterocycles. The van der Waals surface area contributed by atoms with Crippen molar-refractivity contribution in [2.75, 3.05) is 7.11 Å². The zero-order valence-electron chi connectivity index (χ0n) is 10.4. The van der Waals surface area contributed by atoms with Crippen molar-refractivity contribution in [2.24, 2.45) is 0 Å². The highest BCUT2D eigenvalue weighted by molar-refractivity contribution is 5.96. The number of pyridine rings is 1. The first kappa shape index (κ1) is 11.6. The SMILES string of the molecule is COc1ncccc1C(=O)N1Cc2cncnc2C1. The Bertz CT molecular complexity index is 605. The van der Waals surface area contributed by atoms with Crippen LogP contribution in [0, 0.1) is 0 Å². The van der Waals surface area contributed by atoms with Gasteiger partial charge in [-0.2, -0.15) is 0 Å². The van der Waals surface area contributed by atoms with Gasteiger partial charge >= 0.3 is 0 Å². The molecule has 0 aliphatic carbocycles. The topological polar surface area (TPSA) is 68.2 Å². The van der Waals surface area contributed by atoms with Crippen molar-refractivity contribution < 1.29 is 9.53 Å². The number of aromatic nitrogens is 3. The summed E-state index contributed by atoms with van der Waals surface area (Å²) in [5.41, 5.74) is 2.34. The summed E-state index contributed by atoms with van der Waals surface area (Å²) in [4.78, 5) is 26.3. The fraction of sp³-hybridized carbons (Fsp3) is 0.231. The predicted octanol–water partition coefficient (Wildman–Crippen LogP) is 1.04. The summed E-state index contributed by atoms with van der Waals surface area (Å²) in [7, 11) is 1.50. The van der Waals surface area contributed by atoms with Crippen LogP contribution in [-0.2, 0) is 13.1 Å². The van der Waals surface area contributed by atoms with E-state index >= 15 is 0 Å². The van der Waals surface area contributed by atoms with Gasteiger partial charge in [0.1, 0.15) is 11.9 Å². The summed E-state index contributed by atoms with van der Waals surface area (Å²) in [5, 5.41) is 0. The molecule has 0 atom stereocenters. The van der Waals surface area contributed by atoms with Crippen LogP contribution in [0.5, 0.6) is 5.88 Å². The summed E-state index contributed by atoms with van der Waals surface area (Å²) in [6, 6.07) is 3.43. The average Bonchev–Trinajstić information content (AvgIpc) is 2.90. The summed E-state index contributed by atoms with van der Waals surface area (Å²) in [6.07, 6.45) is 4.84. The Morgan fingerprint density at radius 3 is 3.05 bits per heavy atom. The first-order chi connectivity index (χ1) is 9.29. The number of carbonyl (C=O) groups is 1. The number of rotatable bonds is 2. The zero-order valence-corrected chi connectivity index (χ0v) is 10.4. The average molecular weight is 256 g/mol. The van der Waals surface area contributed by atoms with Crippen molar-refractivity contribution in [1.82, 2.24) is 19.9 Å². The molecule has 0 aromatic carbocycles. The Balaban J connectivity index is 1.87. The molecule has 0 spiro atoms. The van der Waals surface area contributed by atoms with Crippen LogP contribution in [0.3, 0.4) is 0 Å². The maximum absolute atomic E-state index is 12.5. The van der Waals surface area contributed by atoms with E-state index in [4.69, 9.17) is 4.74 Å². The number of methoxy groups -OCH3 is 1. The van der Waals surface area contributed by atoms with Crippen LogP contribution in [0.2, 0.25) is 0 Å². The van der Waals surface area contributed by atoms with Gasteiger partial charge in [-0.15, -0.1) is 0 Å². The lowest BCUT2D eigenvalue weighted by atomic mass is 10.2. The van der Waals surface area contributed by atoms with Crippen molar-refractivity contribution >= 4 is 5.91 Å². The molecule has 1 aliphatic rings. The van der Waals surface area contributed by atoms with Gasteiger partial charge in [0.25, 0.3) is 5.91 Å². The molecule has 3 heterocycles. The molecule has 0 saturated carbocycles. The van der Waals surface area contributed by atoms with Crippen molar-refractivity contribution in [2.45, 2.75) is 13.1 Å². The highest BCUT2D eigenvalue weighted by Crippen LogP contribution is 2.24. The van der Waals surface area contributed by atoms with Crippen molar-refractivity contribution in [3.05, 3.63) is 47.7 Å². The van der Waals surface area contributed by atoms with Gasteiger partial charge in [0.05, 0.1) is 19.3 Å². The second kappa shape index (κ2) is 4.64. The van der Waals surface area contributed by atoms with Crippen LogP contribution in [0.25, 0.3) is 0 Å². The van der Waals surface area contributed by atoms with Gasteiger partial charge in [-0.1, -0.05) is 0 Å². The Hall–Kier alpha value is -2.50. The quantitative estimate of drug-likeness (QED) is 0.803. The van der Waals surface area contributed by atoms with E-state index in [9.17, 15) is 4.79 Å². The summed E-state index contributed by atoms with van der Waals surface area (Å²) in [6.45, 7) is 1.02. The van der Waals surface area contributed by atoms with Gasteiger partial charge in [0, 0.05) is 24.5 Å². The van der Waals surface area contributed by atoms with E-state index in [1.165, 1.54) is 13.4 Å². The standard InChI is InChI=1S/C13H12N4O2/c1-19-12-10(3-2-4-15-12)13(18)17-6-9-5-14-8-16-11(9)7-17/h2-5,8H,6-7H2,1H3. The fourth-order valence-electron chi connectivity index (χ4n) is 2.13. The minimum absolute atomic E-state index is 0.108. The first-order valence-electron chi connectivity index (χ1n) is 5.85. The second-order valence-electron chi connectivity index (χ2n) is 4.22. The minimum Gasteiger partial charge on any atom is -0.480 e. The highest BCUT2D eigenvalue weighted by atomic mass is 16.5. The molecular weight excluding hydrogens is 244 g/mol. The Kier molecular flexibility index (Phi) is 2.83. The van der Waals surface area contributed by atoms with E-state index in [1.54, 1.807) is 29.4 Å². The highest BCUT2D eigenvalue weighted by Gasteiger charge is 2.27. The summed E-state index contributed by atoms with van der Waals surface area (Å²) >= 11 is 0. The number of ether oxygens (including phenoxy) is 1. The van der Waals surface area contributed by atoms with Gasteiger partial charge in [-0.05, 0) is 12.1 Å². The fourth-order valence-corrected chi connectivity index (χ4v) is 2.13. The molecular formula is C13H12N4O2. The van der Waals surface area contributed by atoms with Crippen LogP contribution >= 0.6 is 0 Å². The lowest BCUT2D eigenvalue weighted by Gasteiger charge is -2.16. The third-order valence-electron chi connectivity index (χ3n) is 3.07. The first-order valence-corrected chi connectivity index (χ1v) is 5.85. The molecule has 0 radical (unpaired) electrons. The lowest BCUT2D eigenvalue weighted by molar-refractivity contribution is 0.0746. The van der Waals surface area contributed by atoms with E-state index < -0.39 is 0 Å². The predicted molar refractivity (Wildman–Crippen MR) is 66.4 cm³/mol. The zero-order chi connectivity index (χ0) is 13.2. The van der Waals surface area contributed by atoms with Gasteiger partial charge < -0.3 is 9.64 Å². The number of hydrogen-bond donors (Lipinski definition) is 0. The third kappa shape index (κ3) is 2.01. The van der Waals surface area contributed by atoms with E-state index in [0.717, 1.165) is 11.3 Å². The van der Waals surface area contributed by atoms with E-state index in [-0.39, 0.29) is 5.91 Å². The van der Waals surface area contributed by atoms with Crippen molar-refractivity contribution in [1.29, 1.82) is 0 Å². The lowest BCUT2D eigenvalue weighted by Crippen LogP contribution is -2.26.